The largest absolute Gasteiger partial charge is 0.511 e. The first kappa shape index (κ1) is 16.4. The maximum Gasteiger partial charge on any atom is 0.511 e. The molecule has 0 saturated carbocycles. The average Bonchev–Trinajstić information content (AvgIpc) is 2.30. The molecule has 1 aromatic rings. The lowest BCUT2D eigenvalue weighted by Gasteiger charge is -2.12. The van der Waals surface area contributed by atoms with Crippen LogP contribution in [0.3, 0.4) is 0 Å². The van der Waals surface area contributed by atoms with Crippen LogP contribution in [0.25, 0.3) is 0 Å². The Hall–Kier alpha value is -3.70. The Bertz CT molecular complexity index is 596. The number of carbonyl (C=O) groups is 4. The van der Waals surface area contributed by atoms with Gasteiger partial charge >= 0.3 is 24.6 Å². The summed E-state index contributed by atoms with van der Waals surface area (Å²) in [5.41, 5.74) is 0. The van der Waals surface area contributed by atoms with Crippen LogP contribution in [-0.2, 0) is 0 Å². The van der Waals surface area contributed by atoms with E-state index in [0.717, 1.165) is 0 Å². The molecular formula is C10H6O12. The lowest BCUT2D eigenvalue weighted by Crippen LogP contribution is -2.12. The fraction of sp³-hybridized carbons (Fsp3) is 0. The summed E-state index contributed by atoms with van der Waals surface area (Å²) in [6, 6.07) is 1.30. The Morgan fingerprint density at radius 1 is 0.636 bits per heavy atom. The SMILES string of the molecule is O=C(O)Oc1cc(OC(=O)O)c(OC(=O)O)c(OC(=O)O)c1. The maximum atomic E-state index is 10.6. The lowest BCUT2D eigenvalue weighted by molar-refractivity contribution is 0.126. The van der Waals surface area contributed by atoms with E-state index in [1.54, 1.807) is 0 Å². The van der Waals surface area contributed by atoms with Crippen LogP contribution in [0.5, 0.6) is 23.0 Å². The molecule has 0 fully saturated rings. The molecule has 0 spiro atoms. The molecule has 22 heavy (non-hydrogen) atoms. The zero-order valence-electron chi connectivity index (χ0n) is 10.2. The molecule has 0 radical (unpaired) electrons. The smallest absolute Gasteiger partial charge is 0.449 e. The summed E-state index contributed by atoms with van der Waals surface area (Å²) in [4.78, 5) is 42.1. The van der Waals surface area contributed by atoms with Crippen molar-refractivity contribution in [2.75, 3.05) is 0 Å². The molecule has 0 aliphatic carbocycles. The fourth-order valence-corrected chi connectivity index (χ4v) is 1.24. The third kappa shape index (κ3) is 4.76. The molecule has 12 nitrogen and oxygen atoms in total. The summed E-state index contributed by atoms with van der Waals surface area (Å²) in [6.07, 6.45) is -7.57. The minimum Gasteiger partial charge on any atom is -0.449 e. The van der Waals surface area contributed by atoms with Gasteiger partial charge in [-0.25, -0.2) is 19.2 Å². The zero-order valence-corrected chi connectivity index (χ0v) is 10.2. The van der Waals surface area contributed by atoms with E-state index in [0.29, 0.717) is 12.1 Å². The van der Waals surface area contributed by atoms with Gasteiger partial charge in [0.25, 0.3) is 0 Å². The van der Waals surface area contributed by atoms with E-state index < -0.39 is 47.6 Å². The number of carboxylic acid groups (broad SMARTS) is 4. The minimum absolute atomic E-state index is 0.599. The van der Waals surface area contributed by atoms with Crippen molar-refractivity contribution in [2.24, 2.45) is 0 Å². The first-order valence-corrected chi connectivity index (χ1v) is 5.00. The summed E-state index contributed by atoms with van der Waals surface area (Å²) >= 11 is 0. The van der Waals surface area contributed by atoms with Crippen molar-refractivity contribution in [3.8, 4) is 23.0 Å². The number of rotatable bonds is 4. The van der Waals surface area contributed by atoms with Gasteiger partial charge in [-0.2, -0.15) is 0 Å². The molecule has 0 saturated heterocycles. The van der Waals surface area contributed by atoms with Gasteiger partial charge in [-0.05, 0) is 0 Å². The summed E-state index contributed by atoms with van der Waals surface area (Å²) in [5.74, 6) is -3.23. The molecule has 0 aliphatic heterocycles. The summed E-state index contributed by atoms with van der Waals surface area (Å²) in [7, 11) is 0. The normalized spacial score (nSPS) is 9.45. The van der Waals surface area contributed by atoms with E-state index in [1.165, 1.54) is 0 Å². The van der Waals surface area contributed by atoms with Gasteiger partial charge in [-0.3, -0.25) is 0 Å². The fourth-order valence-electron chi connectivity index (χ4n) is 1.24. The molecule has 0 aliphatic rings. The molecule has 12 heteroatoms. The monoisotopic (exact) mass is 318 g/mol. The number of hydrogen-bond acceptors (Lipinski definition) is 8. The molecular weight excluding hydrogens is 312 g/mol. The highest BCUT2D eigenvalue weighted by atomic mass is 16.7. The van der Waals surface area contributed by atoms with Gasteiger partial charge in [0.15, 0.2) is 11.5 Å². The first-order chi connectivity index (χ1) is 10.2. The van der Waals surface area contributed by atoms with Crippen LogP contribution in [-0.4, -0.2) is 45.0 Å². The second kappa shape index (κ2) is 6.65. The second-order valence-electron chi connectivity index (χ2n) is 3.22. The highest BCUT2D eigenvalue weighted by molar-refractivity contribution is 5.74. The summed E-state index contributed by atoms with van der Waals surface area (Å²) in [5, 5.41) is 34.1. The van der Waals surface area contributed by atoms with E-state index in [4.69, 9.17) is 20.4 Å². The Morgan fingerprint density at radius 2 is 1.00 bits per heavy atom. The topological polar surface area (TPSA) is 186 Å². The summed E-state index contributed by atoms with van der Waals surface area (Å²) < 4.78 is 16.7. The summed E-state index contributed by atoms with van der Waals surface area (Å²) in [6.45, 7) is 0. The van der Waals surface area contributed by atoms with Gasteiger partial charge < -0.3 is 39.4 Å². The number of ether oxygens (including phenoxy) is 4. The van der Waals surface area contributed by atoms with E-state index in [-0.39, 0.29) is 0 Å². The highest BCUT2D eigenvalue weighted by Crippen LogP contribution is 2.41. The van der Waals surface area contributed by atoms with Crippen LogP contribution in [0.15, 0.2) is 12.1 Å². The van der Waals surface area contributed by atoms with Crippen molar-refractivity contribution >= 4 is 24.6 Å². The Kier molecular flexibility index (Phi) is 4.94. The standard InChI is InChI=1S/C10H6O12/c11-7(12)19-3-1-4(20-8(13)14)6(22-10(17)18)5(2-3)21-9(15)16/h1-2H,(H,11,12)(H,13,14)(H,15,16)(H,17,18). The third-order valence-corrected chi connectivity index (χ3v) is 1.78. The Balaban J connectivity index is 3.44. The molecule has 0 aromatic heterocycles. The van der Waals surface area contributed by atoms with E-state index in [9.17, 15) is 19.2 Å². The van der Waals surface area contributed by atoms with Crippen LogP contribution >= 0.6 is 0 Å². The second-order valence-corrected chi connectivity index (χ2v) is 3.22. The molecule has 118 valence electrons. The van der Waals surface area contributed by atoms with Crippen molar-refractivity contribution in [1.82, 2.24) is 0 Å². The molecule has 0 atom stereocenters. The number of benzene rings is 1. The van der Waals surface area contributed by atoms with Crippen molar-refractivity contribution in [3.05, 3.63) is 12.1 Å². The maximum absolute atomic E-state index is 10.6. The van der Waals surface area contributed by atoms with Crippen LogP contribution in [0, 0.1) is 0 Å². The van der Waals surface area contributed by atoms with Crippen LogP contribution in [0.1, 0.15) is 0 Å². The quantitative estimate of drug-likeness (QED) is 0.467. The minimum atomic E-state index is -1.93. The van der Waals surface area contributed by atoms with Gasteiger partial charge in [0.2, 0.25) is 5.75 Å². The predicted molar refractivity (Wildman–Crippen MR) is 61.1 cm³/mol. The Morgan fingerprint density at radius 3 is 1.32 bits per heavy atom. The molecule has 4 N–H and O–H groups in total. The Labute approximate surface area is 119 Å². The number of hydrogen-bond donors (Lipinski definition) is 4. The van der Waals surface area contributed by atoms with Gasteiger partial charge in [0.05, 0.1) is 0 Å². The molecule has 0 bridgehead atoms. The van der Waals surface area contributed by atoms with E-state index in [1.807, 2.05) is 0 Å². The predicted octanol–water partition coefficient (Wildman–Crippen LogP) is 1.91. The first-order valence-electron chi connectivity index (χ1n) is 5.00. The van der Waals surface area contributed by atoms with Gasteiger partial charge in [-0.1, -0.05) is 0 Å². The van der Waals surface area contributed by atoms with Crippen molar-refractivity contribution in [3.63, 3.8) is 0 Å². The van der Waals surface area contributed by atoms with Crippen molar-refractivity contribution in [1.29, 1.82) is 0 Å². The average molecular weight is 318 g/mol. The van der Waals surface area contributed by atoms with Gasteiger partial charge in [0.1, 0.15) is 5.75 Å². The molecule has 1 rings (SSSR count). The molecule has 0 amide bonds. The van der Waals surface area contributed by atoms with Crippen LogP contribution in [0.4, 0.5) is 19.2 Å². The van der Waals surface area contributed by atoms with E-state index >= 15 is 0 Å². The van der Waals surface area contributed by atoms with Crippen molar-refractivity contribution < 1.29 is 58.6 Å². The molecule has 1 aromatic carbocycles. The van der Waals surface area contributed by atoms with Gasteiger partial charge in [-0.15, -0.1) is 0 Å². The van der Waals surface area contributed by atoms with E-state index in [2.05, 4.69) is 18.9 Å². The zero-order chi connectivity index (χ0) is 16.9. The lowest BCUT2D eigenvalue weighted by atomic mass is 10.2. The highest BCUT2D eigenvalue weighted by Gasteiger charge is 2.23. The van der Waals surface area contributed by atoms with Crippen molar-refractivity contribution in [2.45, 2.75) is 0 Å². The molecule has 0 heterocycles. The van der Waals surface area contributed by atoms with Crippen LogP contribution < -0.4 is 18.9 Å². The third-order valence-electron chi connectivity index (χ3n) is 1.78. The molecule has 0 unspecified atom stereocenters. The van der Waals surface area contributed by atoms with Crippen LogP contribution in [0.2, 0.25) is 0 Å². The van der Waals surface area contributed by atoms with Gasteiger partial charge in [0, 0.05) is 12.1 Å².